The molecular weight excluding hydrogens is 427 g/mol. The highest BCUT2D eigenvalue weighted by molar-refractivity contribution is 5.93. The van der Waals surface area contributed by atoms with Crippen molar-refractivity contribution in [2.75, 3.05) is 38.2 Å². The zero-order chi connectivity index (χ0) is 23.0. The van der Waals surface area contributed by atoms with E-state index in [2.05, 4.69) is 21.5 Å². The van der Waals surface area contributed by atoms with Crippen LogP contribution in [0, 0.1) is 11.6 Å². The minimum absolute atomic E-state index is 0.128. The van der Waals surface area contributed by atoms with E-state index in [-0.39, 0.29) is 48.7 Å². The van der Waals surface area contributed by atoms with Gasteiger partial charge in [-0.2, -0.15) is 9.97 Å². The molecule has 0 unspecified atom stereocenters. The van der Waals surface area contributed by atoms with Gasteiger partial charge in [-0.15, -0.1) is 0 Å². The number of piperazine rings is 1. The predicted molar refractivity (Wildman–Crippen MR) is 110 cm³/mol. The molecule has 1 aromatic carbocycles. The summed E-state index contributed by atoms with van der Waals surface area (Å²) in [5.41, 5.74) is -0.962. The minimum Gasteiger partial charge on any atom is -0.507 e. The number of hydrogen-bond acceptors (Lipinski definition) is 7. The highest BCUT2D eigenvalue weighted by atomic mass is 19.1. The summed E-state index contributed by atoms with van der Waals surface area (Å²) < 4.78 is 48.0. The Bertz CT molecular complexity index is 1210. The molecule has 1 N–H and O–H groups in total. The third kappa shape index (κ3) is 3.66. The number of phenolic OH excluding ortho intramolecular Hbond substituents is 1. The summed E-state index contributed by atoms with van der Waals surface area (Å²) in [5.74, 6) is -3.78. The molecule has 0 spiro atoms. The third-order valence-corrected chi connectivity index (χ3v) is 5.15. The average Bonchev–Trinajstić information content (AvgIpc) is 2.79. The molecule has 8 nitrogen and oxygen atoms in total. The first kappa shape index (κ1) is 21.3. The Morgan fingerprint density at radius 3 is 2.53 bits per heavy atom. The molecule has 166 valence electrons. The van der Waals surface area contributed by atoms with E-state index < -0.39 is 34.8 Å². The van der Waals surface area contributed by atoms with Gasteiger partial charge in [-0.3, -0.25) is 9.78 Å². The number of pyridine rings is 1. The lowest BCUT2D eigenvalue weighted by atomic mass is 10.1. The van der Waals surface area contributed by atoms with Crippen LogP contribution >= 0.6 is 0 Å². The Balaban J connectivity index is 1.78. The van der Waals surface area contributed by atoms with Crippen LogP contribution in [-0.4, -0.2) is 64.2 Å². The number of aromatic nitrogens is 3. The highest BCUT2D eigenvalue weighted by Gasteiger charge is 2.27. The summed E-state index contributed by atoms with van der Waals surface area (Å²) in [7, 11) is 1.32. The fraction of sp³-hybridized carbons (Fsp3) is 0.238. The summed E-state index contributed by atoms with van der Waals surface area (Å²) in [6.07, 6.45) is 1.29. The molecule has 1 amide bonds. The van der Waals surface area contributed by atoms with Crippen molar-refractivity contribution in [2.24, 2.45) is 0 Å². The van der Waals surface area contributed by atoms with Crippen LogP contribution in [0.2, 0.25) is 0 Å². The molecule has 1 saturated heterocycles. The van der Waals surface area contributed by atoms with Gasteiger partial charge in [-0.25, -0.2) is 13.2 Å². The number of benzene rings is 1. The van der Waals surface area contributed by atoms with Gasteiger partial charge in [-0.1, -0.05) is 12.6 Å². The number of carbonyl (C=O) groups excluding carboxylic acids is 1. The van der Waals surface area contributed by atoms with Crippen LogP contribution < -0.4 is 9.64 Å². The van der Waals surface area contributed by atoms with Crippen molar-refractivity contribution >= 4 is 22.6 Å². The summed E-state index contributed by atoms with van der Waals surface area (Å²) in [6, 6.07) is 3.47. The Labute approximate surface area is 180 Å². The maximum absolute atomic E-state index is 15.4. The first-order chi connectivity index (χ1) is 15.3. The molecule has 4 rings (SSSR count). The lowest BCUT2D eigenvalue weighted by molar-refractivity contribution is -0.128. The number of anilines is 1. The fourth-order valence-corrected chi connectivity index (χ4v) is 3.57. The van der Waals surface area contributed by atoms with Crippen LogP contribution in [0.15, 0.2) is 36.8 Å². The van der Waals surface area contributed by atoms with Crippen LogP contribution in [0.5, 0.6) is 11.8 Å². The molecule has 0 aliphatic carbocycles. The van der Waals surface area contributed by atoms with Gasteiger partial charge in [0.05, 0.1) is 18.1 Å². The van der Waals surface area contributed by atoms with Crippen molar-refractivity contribution in [2.45, 2.75) is 0 Å². The van der Waals surface area contributed by atoms with Crippen molar-refractivity contribution in [1.82, 2.24) is 19.9 Å². The zero-order valence-corrected chi connectivity index (χ0v) is 17.0. The lowest BCUT2D eigenvalue weighted by Crippen LogP contribution is -2.49. The largest absolute Gasteiger partial charge is 0.507 e. The van der Waals surface area contributed by atoms with Gasteiger partial charge in [0.25, 0.3) is 5.91 Å². The van der Waals surface area contributed by atoms with Crippen LogP contribution in [0.4, 0.5) is 19.0 Å². The molecule has 2 aromatic heterocycles. The first-order valence-corrected chi connectivity index (χ1v) is 9.58. The minimum atomic E-state index is -1.04. The topological polar surface area (TPSA) is 91.7 Å². The van der Waals surface area contributed by atoms with E-state index in [1.54, 1.807) is 4.90 Å². The Hall–Kier alpha value is -3.89. The maximum Gasteiger partial charge on any atom is 0.318 e. The van der Waals surface area contributed by atoms with Crippen LogP contribution in [0.3, 0.4) is 0 Å². The van der Waals surface area contributed by atoms with E-state index in [9.17, 15) is 18.7 Å². The standard InChI is InChI=1S/C21H18F3N5O3/c1-11(22)20(31)29-8-6-28(7-9-29)19-12-10-25-18(15-13(23)4-3-5-14(15)30)16(24)17(12)26-21(27-19)32-2/h3-5,10,30H,1,6-9H2,2H3. The molecule has 0 atom stereocenters. The van der Waals surface area contributed by atoms with E-state index >= 15 is 4.39 Å². The smallest absolute Gasteiger partial charge is 0.318 e. The number of hydrogen-bond donors (Lipinski definition) is 1. The predicted octanol–water partition coefficient (Wildman–Crippen LogP) is 2.82. The number of ether oxygens (including phenoxy) is 1. The Morgan fingerprint density at radius 2 is 1.91 bits per heavy atom. The van der Waals surface area contributed by atoms with Crippen molar-refractivity contribution in [3.63, 3.8) is 0 Å². The van der Waals surface area contributed by atoms with Gasteiger partial charge in [0.2, 0.25) is 0 Å². The number of methoxy groups -OCH3 is 1. The Morgan fingerprint density at radius 1 is 1.19 bits per heavy atom. The van der Waals surface area contributed by atoms with Crippen LogP contribution in [0.25, 0.3) is 22.2 Å². The van der Waals surface area contributed by atoms with Crippen LogP contribution in [-0.2, 0) is 4.79 Å². The normalized spacial score (nSPS) is 14.0. The molecule has 0 radical (unpaired) electrons. The molecule has 1 aliphatic heterocycles. The van der Waals surface area contributed by atoms with E-state index in [4.69, 9.17) is 4.74 Å². The molecule has 0 bridgehead atoms. The molecule has 1 aliphatic rings. The zero-order valence-electron chi connectivity index (χ0n) is 17.0. The van der Waals surface area contributed by atoms with Crippen LogP contribution in [0.1, 0.15) is 0 Å². The SMILES string of the molecule is C=C(F)C(=O)N1CCN(c2nc(OC)nc3c(F)c(-c4c(O)cccc4F)ncc23)CC1. The molecule has 32 heavy (non-hydrogen) atoms. The summed E-state index contributed by atoms with van der Waals surface area (Å²) in [5, 5.41) is 10.3. The summed E-state index contributed by atoms with van der Waals surface area (Å²) in [6.45, 7) is 3.99. The van der Waals surface area contributed by atoms with E-state index in [0.29, 0.717) is 5.82 Å². The van der Waals surface area contributed by atoms with Gasteiger partial charge in [0.15, 0.2) is 11.6 Å². The molecule has 0 saturated carbocycles. The second kappa shape index (κ2) is 8.33. The molecule has 3 heterocycles. The maximum atomic E-state index is 15.4. The summed E-state index contributed by atoms with van der Waals surface area (Å²) >= 11 is 0. The number of carbonyl (C=O) groups is 1. The van der Waals surface area contributed by atoms with E-state index in [1.807, 2.05) is 0 Å². The number of phenols is 1. The Kier molecular flexibility index (Phi) is 5.56. The highest BCUT2D eigenvalue weighted by Crippen LogP contribution is 2.36. The van der Waals surface area contributed by atoms with E-state index in [0.717, 1.165) is 6.07 Å². The lowest BCUT2D eigenvalue weighted by Gasteiger charge is -2.35. The van der Waals surface area contributed by atoms with Gasteiger partial charge < -0.3 is 19.6 Å². The second-order valence-electron chi connectivity index (χ2n) is 7.04. The molecule has 3 aromatic rings. The van der Waals surface area contributed by atoms with Gasteiger partial charge in [-0.05, 0) is 12.1 Å². The summed E-state index contributed by atoms with van der Waals surface area (Å²) in [4.78, 5) is 27.3. The number of rotatable bonds is 4. The third-order valence-electron chi connectivity index (χ3n) is 5.15. The first-order valence-electron chi connectivity index (χ1n) is 9.58. The number of nitrogens with zero attached hydrogens (tertiary/aromatic N) is 5. The second-order valence-corrected chi connectivity index (χ2v) is 7.04. The van der Waals surface area contributed by atoms with Gasteiger partial charge in [0, 0.05) is 32.4 Å². The quantitative estimate of drug-likeness (QED) is 0.618. The monoisotopic (exact) mass is 445 g/mol. The fourth-order valence-electron chi connectivity index (χ4n) is 3.57. The number of amides is 1. The number of fused-ring (bicyclic) bond motifs is 1. The van der Waals surface area contributed by atoms with Gasteiger partial charge >= 0.3 is 6.01 Å². The van der Waals surface area contributed by atoms with Crippen molar-refractivity contribution in [1.29, 1.82) is 0 Å². The molecular formula is C21H18F3N5O3. The average molecular weight is 445 g/mol. The van der Waals surface area contributed by atoms with Crippen molar-refractivity contribution in [3.05, 3.63) is 48.4 Å². The van der Waals surface area contributed by atoms with Crippen molar-refractivity contribution in [3.8, 4) is 23.0 Å². The van der Waals surface area contributed by atoms with E-state index in [1.165, 1.54) is 30.3 Å². The van der Waals surface area contributed by atoms with Gasteiger partial charge in [0.1, 0.15) is 28.6 Å². The number of aromatic hydroxyl groups is 1. The molecule has 11 heteroatoms. The van der Waals surface area contributed by atoms with Crippen molar-refractivity contribution < 1.29 is 27.8 Å². The number of halogens is 3. The molecule has 1 fully saturated rings.